The van der Waals surface area contributed by atoms with Crippen LogP contribution in [0.25, 0.3) is 0 Å². The van der Waals surface area contributed by atoms with E-state index in [1.165, 1.54) is 16.8 Å². The Morgan fingerprint density at radius 3 is 2.82 bits per heavy atom. The molecule has 1 aliphatic rings. The number of aromatic nitrogens is 2. The highest BCUT2D eigenvalue weighted by atomic mass is 35.5. The second-order valence-electron chi connectivity index (χ2n) is 4.21. The summed E-state index contributed by atoms with van der Waals surface area (Å²) in [6.45, 7) is 2.93. The summed E-state index contributed by atoms with van der Waals surface area (Å²) in [7, 11) is -3.42. The minimum absolute atomic E-state index is 0. The van der Waals surface area contributed by atoms with Crippen LogP contribution in [0.3, 0.4) is 0 Å². The highest BCUT2D eigenvalue weighted by molar-refractivity contribution is 7.89. The molecule has 3 N–H and O–H groups in total. The van der Waals surface area contributed by atoms with Gasteiger partial charge in [0, 0.05) is 19.1 Å². The van der Waals surface area contributed by atoms with E-state index < -0.39 is 10.0 Å². The van der Waals surface area contributed by atoms with Crippen LogP contribution in [0.1, 0.15) is 13.3 Å². The number of hydrogen-bond donors (Lipinski definition) is 2. The summed E-state index contributed by atoms with van der Waals surface area (Å²) >= 11 is 0. The van der Waals surface area contributed by atoms with E-state index in [0.29, 0.717) is 19.5 Å². The molecule has 17 heavy (non-hydrogen) atoms. The first-order valence-electron chi connectivity index (χ1n) is 5.26. The van der Waals surface area contributed by atoms with Gasteiger partial charge in [-0.3, -0.25) is 0 Å². The fourth-order valence-electron chi connectivity index (χ4n) is 1.87. The van der Waals surface area contributed by atoms with Gasteiger partial charge in [0.15, 0.2) is 5.03 Å². The van der Waals surface area contributed by atoms with Crippen molar-refractivity contribution in [3.63, 3.8) is 0 Å². The van der Waals surface area contributed by atoms with Crippen LogP contribution in [0, 0.1) is 5.92 Å². The van der Waals surface area contributed by atoms with Crippen molar-refractivity contribution in [2.75, 3.05) is 13.1 Å². The lowest BCUT2D eigenvalue weighted by Crippen LogP contribution is -2.48. The lowest BCUT2D eigenvalue weighted by molar-refractivity contribution is 0.249. The van der Waals surface area contributed by atoms with E-state index in [1.807, 2.05) is 6.92 Å². The maximum atomic E-state index is 12.1. The van der Waals surface area contributed by atoms with Crippen LogP contribution in [0.15, 0.2) is 17.6 Å². The summed E-state index contributed by atoms with van der Waals surface area (Å²) in [6.07, 6.45) is 3.40. The number of nitrogens with one attached hydrogen (secondary N) is 1. The molecule has 6 nitrogen and oxygen atoms in total. The molecule has 2 atom stereocenters. The molecule has 8 heteroatoms. The van der Waals surface area contributed by atoms with Crippen molar-refractivity contribution in [1.82, 2.24) is 14.3 Å². The third-order valence-corrected chi connectivity index (χ3v) is 4.82. The van der Waals surface area contributed by atoms with E-state index in [2.05, 4.69) is 9.97 Å². The summed E-state index contributed by atoms with van der Waals surface area (Å²) in [5, 5.41) is 0.148. The predicted octanol–water partition coefficient (Wildman–Crippen LogP) is 0.189. The van der Waals surface area contributed by atoms with Crippen LogP contribution in [-0.2, 0) is 10.0 Å². The quantitative estimate of drug-likeness (QED) is 0.809. The van der Waals surface area contributed by atoms with Crippen molar-refractivity contribution >= 4 is 22.4 Å². The van der Waals surface area contributed by atoms with Gasteiger partial charge in [-0.2, -0.15) is 4.31 Å². The van der Waals surface area contributed by atoms with Gasteiger partial charge < -0.3 is 10.7 Å². The largest absolute Gasteiger partial charge is 0.335 e. The van der Waals surface area contributed by atoms with Gasteiger partial charge in [0.05, 0.1) is 12.5 Å². The zero-order chi connectivity index (χ0) is 11.8. The van der Waals surface area contributed by atoms with E-state index in [9.17, 15) is 8.42 Å². The minimum atomic E-state index is -3.42. The van der Waals surface area contributed by atoms with E-state index in [-0.39, 0.29) is 29.4 Å². The Morgan fingerprint density at radius 1 is 1.59 bits per heavy atom. The number of H-pyrrole nitrogens is 1. The third-order valence-electron chi connectivity index (χ3n) is 3.03. The molecule has 98 valence electrons. The lowest BCUT2D eigenvalue weighted by atomic mass is 9.96. The number of nitrogens with zero attached hydrogens (tertiary/aromatic N) is 2. The summed E-state index contributed by atoms with van der Waals surface area (Å²) in [5.41, 5.74) is 5.86. The molecule has 0 bridgehead atoms. The van der Waals surface area contributed by atoms with Gasteiger partial charge in [-0.1, -0.05) is 6.92 Å². The van der Waals surface area contributed by atoms with Crippen molar-refractivity contribution in [3.05, 3.63) is 12.5 Å². The Bertz CT molecular complexity index is 448. The molecule has 1 fully saturated rings. The number of sulfonamides is 1. The van der Waals surface area contributed by atoms with Crippen LogP contribution in [0.4, 0.5) is 0 Å². The molecule has 0 spiro atoms. The first kappa shape index (κ1) is 14.4. The molecule has 0 radical (unpaired) electrons. The SMILES string of the molecule is CC1CN(S(=O)(=O)c2cnc[nH]2)CCC1N.Cl. The van der Waals surface area contributed by atoms with Crippen molar-refractivity contribution in [3.8, 4) is 0 Å². The van der Waals surface area contributed by atoms with Gasteiger partial charge >= 0.3 is 0 Å². The van der Waals surface area contributed by atoms with E-state index >= 15 is 0 Å². The zero-order valence-electron chi connectivity index (χ0n) is 9.54. The van der Waals surface area contributed by atoms with Crippen molar-refractivity contribution in [2.45, 2.75) is 24.4 Å². The Morgan fingerprint density at radius 2 is 2.29 bits per heavy atom. The summed E-state index contributed by atoms with van der Waals surface area (Å²) in [5.74, 6) is 0.187. The molecule has 1 aliphatic heterocycles. The lowest BCUT2D eigenvalue weighted by Gasteiger charge is -2.33. The first-order chi connectivity index (χ1) is 7.51. The van der Waals surface area contributed by atoms with Gasteiger partial charge in [-0.15, -0.1) is 12.4 Å². The molecular weight excluding hydrogens is 264 g/mol. The Labute approximate surface area is 107 Å². The average molecular weight is 281 g/mol. The van der Waals surface area contributed by atoms with Gasteiger partial charge in [0.2, 0.25) is 0 Å². The van der Waals surface area contributed by atoms with E-state index in [0.717, 1.165) is 0 Å². The van der Waals surface area contributed by atoms with Crippen molar-refractivity contribution in [2.24, 2.45) is 11.7 Å². The molecule has 2 heterocycles. The highest BCUT2D eigenvalue weighted by Gasteiger charge is 2.32. The normalized spacial score (nSPS) is 26.5. The third kappa shape index (κ3) is 2.79. The second kappa shape index (κ2) is 5.34. The molecule has 1 saturated heterocycles. The predicted molar refractivity (Wildman–Crippen MR) is 66.4 cm³/mol. The molecular formula is C9H17ClN4O2S. The Hall–Kier alpha value is -0.630. The number of nitrogens with two attached hydrogens (primary N) is 1. The summed E-state index contributed by atoms with van der Waals surface area (Å²) in [4.78, 5) is 6.36. The topological polar surface area (TPSA) is 92.1 Å². The Kier molecular flexibility index (Phi) is 4.54. The van der Waals surface area contributed by atoms with Crippen LogP contribution >= 0.6 is 12.4 Å². The number of aromatic amines is 1. The summed E-state index contributed by atoms with van der Waals surface area (Å²) < 4.78 is 25.7. The van der Waals surface area contributed by atoms with Gasteiger partial charge in [-0.25, -0.2) is 13.4 Å². The Balaban J connectivity index is 0.00000144. The maximum Gasteiger partial charge on any atom is 0.260 e. The van der Waals surface area contributed by atoms with Crippen LogP contribution < -0.4 is 5.73 Å². The van der Waals surface area contributed by atoms with Crippen LogP contribution in [-0.4, -0.2) is 41.8 Å². The number of piperidine rings is 1. The fourth-order valence-corrected chi connectivity index (χ4v) is 3.32. The molecule has 0 aliphatic carbocycles. The van der Waals surface area contributed by atoms with Crippen molar-refractivity contribution < 1.29 is 8.42 Å². The second-order valence-corrected chi connectivity index (χ2v) is 6.12. The van der Waals surface area contributed by atoms with Gasteiger partial charge in [-0.05, 0) is 12.3 Å². The smallest absolute Gasteiger partial charge is 0.260 e. The monoisotopic (exact) mass is 280 g/mol. The zero-order valence-corrected chi connectivity index (χ0v) is 11.2. The number of halogens is 1. The average Bonchev–Trinajstić information content (AvgIpc) is 2.75. The molecule has 1 aromatic rings. The number of imidazole rings is 1. The van der Waals surface area contributed by atoms with E-state index in [4.69, 9.17) is 5.73 Å². The number of hydrogen-bond acceptors (Lipinski definition) is 4. The fraction of sp³-hybridized carbons (Fsp3) is 0.667. The standard InChI is InChI=1S/C9H16N4O2S.ClH/c1-7-5-13(3-2-8(7)10)16(14,15)9-4-11-6-12-9;/h4,6-8H,2-3,5,10H2,1H3,(H,11,12);1H. The molecule has 1 aromatic heterocycles. The van der Waals surface area contributed by atoms with Gasteiger partial charge in [0.1, 0.15) is 0 Å². The van der Waals surface area contributed by atoms with Crippen LogP contribution in [0.5, 0.6) is 0 Å². The molecule has 2 rings (SSSR count). The molecule has 2 unspecified atom stereocenters. The molecule has 0 aromatic carbocycles. The maximum absolute atomic E-state index is 12.1. The van der Waals surface area contributed by atoms with Crippen molar-refractivity contribution in [1.29, 1.82) is 0 Å². The van der Waals surface area contributed by atoms with Crippen LogP contribution in [0.2, 0.25) is 0 Å². The summed E-state index contributed by atoms with van der Waals surface area (Å²) in [6, 6.07) is 0.0909. The highest BCUT2D eigenvalue weighted by Crippen LogP contribution is 2.21. The molecule has 0 saturated carbocycles. The number of rotatable bonds is 2. The molecule has 0 amide bonds. The van der Waals surface area contributed by atoms with E-state index in [1.54, 1.807) is 0 Å². The van der Waals surface area contributed by atoms with Gasteiger partial charge in [0.25, 0.3) is 10.0 Å². The minimum Gasteiger partial charge on any atom is -0.335 e. The first-order valence-corrected chi connectivity index (χ1v) is 6.70.